The summed E-state index contributed by atoms with van der Waals surface area (Å²) in [6.07, 6.45) is 0. The molecule has 4 rings (SSSR count). The van der Waals surface area contributed by atoms with Gasteiger partial charge in [-0.15, -0.1) is 10.2 Å². The third-order valence-electron chi connectivity index (χ3n) is 4.51. The molecule has 0 aliphatic heterocycles. The lowest BCUT2D eigenvalue weighted by atomic mass is 10.1. The summed E-state index contributed by atoms with van der Waals surface area (Å²) in [6, 6.07) is 23.7. The van der Waals surface area contributed by atoms with Gasteiger partial charge in [-0.2, -0.15) is 0 Å². The zero-order chi connectivity index (χ0) is 22.3. The van der Waals surface area contributed by atoms with Crippen molar-refractivity contribution in [1.82, 2.24) is 10.2 Å². The maximum absolute atomic E-state index is 12.5. The van der Waals surface area contributed by atoms with Crippen LogP contribution in [0.25, 0.3) is 11.5 Å². The maximum Gasteiger partial charge on any atom is 0.277 e. The highest BCUT2D eigenvalue weighted by atomic mass is 32.2. The smallest absolute Gasteiger partial charge is 0.277 e. The summed E-state index contributed by atoms with van der Waals surface area (Å²) in [5, 5.41) is 14.1. The molecule has 0 saturated carbocycles. The fourth-order valence-corrected chi connectivity index (χ4v) is 3.46. The van der Waals surface area contributed by atoms with Crippen molar-refractivity contribution in [2.45, 2.75) is 12.1 Å². The summed E-state index contributed by atoms with van der Waals surface area (Å²) < 4.78 is 5.72. The third kappa shape index (κ3) is 5.41. The van der Waals surface area contributed by atoms with E-state index in [0.717, 1.165) is 23.0 Å². The molecule has 0 aliphatic carbocycles. The first-order valence-electron chi connectivity index (χ1n) is 9.87. The molecule has 7 nitrogen and oxygen atoms in total. The highest BCUT2D eigenvalue weighted by Gasteiger charge is 2.16. The van der Waals surface area contributed by atoms with E-state index in [1.165, 1.54) is 0 Å². The van der Waals surface area contributed by atoms with Crippen LogP contribution in [-0.4, -0.2) is 27.8 Å². The molecule has 1 aromatic heterocycles. The Balaban J connectivity index is 1.40. The quantitative estimate of drug-likeness (QED) is 0.388. The number of aromatic nitrogens is 2. The fraction of sp³-hybridized carbons (Fsp3) is 0.0833. The molecule has 2 amide bonds. The highest BCUT2D eigenvalue weighted by Crippen LogP contribution is 2.29. The van der Waals surface area contributed by atoms with E-state index in [9.17, 15) is 9.59 Å². The first-order chi connectivity index (χ1) is 15.6. The van der Waals surface area contributed by atoms with Crippen LogP contribution < -0.4 is 10.6 Å². The Morgan fingerprint density at radius 1 is 0.875 bits per heavy atom. The van der Waals surface area contributed by atoms with E-state index in [1.807, 2.05) is 49.4 Å². The Morgan fingerprint density at radius 2 is 1.59 bits per heavy atom. The molecular weight excluding hydrogens is 424 g/mol. The molecule has 160 valence electrons. The predicted octanol–water partition coefficient (Wildman–Crippen LogP) is 5.03. The lowest BCUT2D eigenvalue weighted by molar-refractivity contribution is -0.113. The van der Waals surface area contributed by atoms with Crippen molar-refractivity contribution in [2.75, 3.05) is 16.4 Å². The summed E-state index contributed by atoms with van der Waals surface area (Å²) in [4.78, 5) is 24.7. The second-order valence-corrected chi connectivity index (χ2v) is 7.87. The van der Waals surface area contributed by atoms with Crippen LogP contribution in [0.15, 0.2) is 88.5 Å². The largest absolute Gasteiger partial charge is 0.411 e. The summed E-state index contributed by atoms with van der Waals surface area (Å²) >= 11 is 1.14. The zero-order valence-corrected chi connectivity index (χ0v) is 18.1. The lowest BCUT2D eigenvalue weighted by Crippen LogP contribution is -2.13. The Bertz CT molecular complexity index is 1220. The van der Waals surface area contributed by atoms with Gasteiger partial charge >= 0.3 is 0 Å². The van der Waals surface area contributed by atoms with Gasteiger partial charge in [0.25, 0.3) is 17.0 Å². The van der Waals surface area contributed by atoms with Gasteiger partial charge in [-0.05, 0) is 43.3 Å². The third-order valence-corrected chi connectivity index (χ3v) is 5.33. The van der Waals surface area contributed by atoms with Crippen molar-refractivity contribution in [1.29, 1.82) is 0 Å². The van der Waals surface area contributed by atoms with Gasteiger partial charge in [0.1, 0.15) is 0 Å². The number of carbonyl (C=O) groups is 2. The summed E-state index contributed by atoms with van der Waals surface area (Å²) in [5.41, 5.74) is 3.55. The van der Waals surface area contributed by atoms with Crippen molar-refractivity contribution in [2.24, 2.45) is 0 Å². The molecule has 3 aromatic carbocycles. The van der Waals surface area contributed by atoms with Crippen molar-refractivity contribution < 1.29 is 14.0 Å². The van der Waals surface area contributed by atoms with Crippen molar-refractivity contribution in [3.8, 4) is 11.5 Å². The Labute approximate surface area is 189 Å². The average Bonchev–Trinajstić information content (AvgIpc) is 3.29. The SMILES string of the molecule is Cc1ccc(NC(=O)CSc2nnc(-c3ccccc3NC(=O)c3ccccc3)o2)cc1. The first-order valence-corrected chi connectivity index (χ1v) is 10.9. The summed E-state index contributed by atoms with van der Waals surface area (Å²) in [7, 11) is 0. The normalized spacial score (nSPS) is 10.5. The molecule has 32 heavy (non-hydrogen) atoms. The number of para-hydroxylation sites is 1. The number of amides is 2. The minimum Gasteiger partial charge on any atom is -0.411 e. The van der Waals surface area contributed by atoms with Gasteiger partial charge in [0.15, 0.2) is 0 Å². The Kier molecular flexibility index (Phi) is 6.62. The van der Waals surface area contributed by atoms with E-state index in [4.69, 9.17) is 4.42 Å². The number of thioether (sulfide) groups is 1. The van der Waals surface area contributed by atoms with Crippen molar-refractivity contribution in [3.63, 3.8) is 0 Å². The molecular formula is C24H20N4O3S. The molecule has 4 aromatic rings. The molecule has 0 atom stereocenters. The van der Waals surface area contributed by atoms with Gasteiger partial charge in [0, 0.05) is 11.3 Å². The van der Waals surface area contributed by atoms with E-state index in [2.05, 4.69) is 20.8 Å². The van der Waals surface area contributed by atoms with E-state index < -0.39 is 0 Å². The van der Waals surface area contributed by atoms with E-state index in [0.29, 0.717) is 16.8 Å². The molecule has 0 fully saturated rings. The maximum atomic E-state index is 12.5. The molecule has 0 bridgehead atoms. The van der Waals surface area contributed by atoms with Gasteiger partial charge < -0.3 is 15.1 Å². The number of benzene rings is 3. The van der Waals surface area contributed by atoms with Crippen LogP contribution in [0.1, 0.15) is 15.9 Å². The van der Waals surface area contributed by atoms with E-state index in [-0.39, 0.29) is 28.7 Å². The molecule has 2 N–H and O–H groups in total. The van der Waals surface area contributed by atoms with Gasteiger partial charge in [0.05, 0.1) is 17.0 Å². The summed E-state index contributed by atoms with van der Waals surface area (Å²) in [5.74, 6) is -0.0218. The number of nitrogens with zero attached hydrogens (tertiary/aromatic N) is 2. The molecule has 1 heterocycles. The van der Waals surface area contributed by atoms with Gasteiger partial charge in [-0.1, -0.05) is 59.8 Å². The van der Waals surface area contributed by atoms with Crippen LogP contribution >= 0.6 is 11.8 Å². The van der Waals surface area contributed by atoms with Gasteiger partial charge in [-0.25, -0.2) is 0 Å². The second-order valence-electron chi connectivity index (χ2n) is 6.94. The zero-order valence-electron chi connectivity index (χ0n) is 17.2. The molecule has 8 heteroatoms. The minimum atomic E-state index is -0.236. The van der Waals surface area contributed by atoms with E-state index in [1.54, 1.807) is 36.4 Å². The highest BCUT2D eigenvalue weighted by molar-refractivity contribution is 7.99. The molecule has 0 unspecified atom stereocenters. The monoisotopic (exact) mass is 444 g/mol. The Morgan fingerprint density at radius 3 is 2.38 bits per heavy atom. The molecule has 0 spiro atoms. The van der Waals surface area contributed by atoms with Gasteiger partial charge in [-0.3, -0.25) is 9.59 Å². The fourth-order valence-electron chi connectivity index (χ4n) is 2.90. The molecule has 0 aliphatic rings. The van der Waals surface area contributed by atoms with Crippen LogP contribution in [-0.2, 0) is 4.79 Å². The minimum absolute atomic E-state index is 0.127. The van der Waals surface area contributed by atoms with Gasteiger partial charge in [0.2, 0.25) is 5.91 Å². The average molecular weight is 445 g/mol. The number of rotatable bonds is 7. The van der Waals surface area contributed by atoms with Crippen LogP contribution in [0.4, 0.5) is 11.4 Å². The van der Waals surface area contributed by atoms with Crippen molar-refractivity contribution >= 4 is 35.0 Å². The molecule has 0 saturated heterocycles. The number of hydrogen-bond acceptors (Lipinski definition) is 6. The van der Waals surface area contributed by atoms with Crippen molar-refractivity contribution in [3.05, 3.63) is 90.0 Å². The topological polar surface area (TPSA) is 97.1 Å². The first kappa shape index (κ1) is 21.3. The number of hydrogen-bond donors (Lipinski definition) is 2. The molecule has 0 radical (unpaired) electrons. The van der Waals surface area contributed by atoms with Crippen LogP contribution in [0.2, 0.25) is 0 Å². The van der Waals surface area contributed by atoms with E-state index >= 15 is 0 Å². The number of anilines is 2. The number of nitrogens with one attached hydrogen (secondary N) is 2. The van der Waals surface area contributed by atoms with Crippen LogP contribution in [0, 0.1) is 6.92 Å². The number of aryl methyl sites for hydroxylation is 1. The number of carbonyl (C=O) groups excluding carboxylic acids is 2. The lowest BCUT2D eigenvalue weighted by Gasteiger charge is -2.08. The predicted molar refractivity (Wildman–Crippen MR) is 125 cm³/mol. The van der Waals surface area contributed by atoms with Crippen LogP contribution in [0.3, 0.4) is 0 Å². The standard InChI is InChI=1S/C24H20N4O3S/c1-16-11-13-18(14-12-16)25-21(29)15-32-24-28-27-23(31-24)19-9-5-6-10-20(19)26-22(30)17-7-3-2-4-8-17/h2-14H,15H2,1H3,(H,25,29)(H,26,30). The second kappa shape index (κ2) is 9.93. The summed E-state index contributed by atoms with van der Waals surface area (Å²) in [6.45, 7) is 1.99. The Hall–Kier alpha value is -3.91. The van der Waals surface area contributed by atoms with Crippen LogP contribution in [0.5, 0.6) is 0 Å².